The molecule has 2 N–H and O–H groups in total. The first-order valence-corrected chi connectivity index (χ1v) is 9.96. The molecule has 0 aliphatic carbocycles. The predicted octanol–water partition coefficient (Wildman–Crippen LogP) is 3.71. The second-order valence-electron chi connectivity index (χ2n) is 6.98. The van der Waals surface area contributed by atoms with Gasteiger partial charge in [0.1, 0.15) is 11.6 Å². The molecule has 0 aliphatic heterocycles. The first-order chi connectivity index (χ1) is 14.6. The maximum Gasteiger partial charge on any atom is 0.303 e. The Kier molecular flexibility index (Phi) is 7.77. The number of aromatic nitrogens is 3. The lowest BCUT2D eigenvalue weighted by Gasteiger charge is -2.14. The number of anilines is 1. The summed E-state index contributed by atoms with van der Waals surface area (Å²) < 4.78 is 10.6. The van der Waals surface area contributed by atoms with Crippen LogP contribution in [-0.2, 0) is 17.6 Å². The van der Waals surface area contributed by atoms with Crippen LogP contribution in [0.25, 0.3) is 0 Å². The molecule has 30 heavy (non-hydrogen) atoms. The first kappa shape index (κ1) is 21.3. The Bertz CT molecular complexity index is 930. The Morgan fingerprint density at radius 2 is 2.13 bits per heavy atom. The van der Waals surface area contributed by atoms with Gasteiger partial charge in [-0.05, 0) is 42.7 Å². The second-order valence-corrected chi connectivity index (χ2v) is 6.98. The van der Waals surface area contributed by atoms with Gasteiger partial charge >= 0.3 is 5.97 Å². The molecule has 1 atom stereocenters. The Morgan fingerprint density at radius 3 is 2.90 bits per heavy atom. The molecule has 3 rings (SSSR count). The number of pyridine rings is 1. The summed E-state index contributed by atoms with van der Waals surface area (Å²) in [7, 11) is 1.58. The monoisotopic (exact) mass is 410 g/mol. The van der Waals surface area contributed by atoms with E-state index in [2.05, 4.69) is 20.4 Å². The van der Waals surface area contributed by atoms with Crippen LogP contribution in [0, 0.1) is 0 Å². The van der Waals surface area contributed by atoms with Crippen LogP contribution in [0.15, 0.2) is 53.2 Å². The summed E-state index contributed by atoms with van der Waals surface area (Å²) >= 11 is 0. The van der Waals surface area contributed by atoms with E-state index in [0.29, 0.717) is 30.3 Å². The molecule has 1 aromatic carbocycles. The molecule has 0 saturated heterocycles. The largest absolute Gasteiger partial charge is 0.497 e. The van der Waals surface area contributed by atoms with E-state index in [1.807, 2.05) is 42.5 Å². The number of nitrogens with zero attached hydrogens (tertiary/aromatic N) is 3. The number of carboxylic acid groups (broad SMARTS) is 1. The molecule has 1 unspecified atom stereocenters. The first-order valence-electron chi connectivity index (χ1n) is 9.96. The van der Waals surface area contributed by atoms with E-state index in [4.69, 9.17) is 9.26 Å². The summed E-state index contributed by atoms with van der Waals surface area (Å²) in [6.45, 7) is 0.818. The van der Waals surface area contributed by atoms with Gasteiger partial charge in [0.05, 0.1) is 13.5 Å². The van der Waals surface area contributed by atoms with Gasteiger partial charge < -0.3 is 19.7 Å². The highest BCUT2D eigenvalue weighted by Gasteiger charge is 2.20. The number of aryl methyl sites for hydroxylation is 1. The fourth-order valence-electron chi connectivity index (χ4n) is 3.19. The average molecular weight is 410 g/mol. The third-order valence-electron chi connectivity index (χ3n) is 4.72. The molecule has 0 bridgehead atoms. The van der Waals surface area contributed by atoms with Crippen LogP contribution >= 0.6 is 0 Å². The van der Waals surface area contributed by atoms with Gasteiger partial charge in [-0.2, -0.15) is 4.98 Å². The van der Waals surface area contributed by atoms with Crippen molar-refractivity contribution in [3.8, 4) is 5.75 Å². The lowest BCUT2D eigenvalue weighted by atomic mass is 9.92. The number of unbranched alkanes of at least 4 members (excludes halogenated alkanes) is 1. The van der Waals surface area contributed by atoms with Gasteiger partial charge in [0.25, 0.3) is 0 Å². The van der Waals surface area contributed by atoms with Gasteiger partial charge in [-0.3, -0.25) is 4.79 Å². The Hall–Kier alpha value is -3.42. The second kappa shape index (κ2) is 10.9. The average Bonchev–Trinajstić information content (AvgIpc) is 3.21. The molecule has 2 aromatic heterocycles. The van der Waals surface area contributed by atoms with Crippen molar-refractivity contribution in [1.29, 1.82) is 0 Å². The smallest absolute Gasteiger partial charge is 0.303 e. The number of hydrogen-bond donors (Lipinski definition) is 2. The molecule has 0 fully saturated rings. The minimum absolute atomic E-state index is 0.0237. The number of hydrogen-bond acceptors (Lipinski definition) is 7. The molecule has 158 valence electrons. The van der Waals surface area contributed by atoms with E-state index < -0.39 is 5.97 Å². The van der Waals surface area contributed by atoms with Crippen molar-refractivity contribution in [3.63, 3.8) is 0 Å². The minimum Gasteiger partial charge on any atom is -0.497 e. The summed E-state index contributed by atoms with van der Waals surface area (Å²) in [6, 6.07) is 13.2. The van der Waals surface area contributed by atoms with Crippen LogP contribution in [0.3, 0.4) is 0 Å². The zero-order valence-electron chi connectivity index (χ0n) is 17.0. The zero-order valence-corrected chi connectivity index (χ0v) is 17.0. The maximum atomic E-state index is 11.3. The number of benzene rings is 1. The summed E-state index contributed by atoms with van der Waals surface area (Å²) in [5.41, 5.74) is 0.872. The van der Waals surface area contributed by atoms with Gasteiger partial charge in [0, 0.05) is 31.5 Å². The highest BCUT2D eigenvalue weighted by atomic mass is 16.5. The van der Waals surface area contributed by atoms with Crippen LogP contribution in [-0.4, -0.2) is 39.9 Å². The van der Waals surface area contributed by atoms with Gasteiger partial charge in [-0.1, -0.05) is 23.4 Å². The van der Waals surface area contributed by atoms with Crippen LogP contribution < -0.4 is 10.1 Å². The van der Waals surface area contributed by atoms with Crippen LogP contribution in [0.5, 0.6) is 5.75 Å². The van der Waals surface area contributed by atoms with Crippen LogP contribution in [0.1, 0.15) is 42.5 Å². The predicted molar refractivity (Wildman–Crippen MR) is 112 cm³/mol. The van der Waals surface area contributed by atoms with Gasteiger partial charge in [0.2, 0.25) is 5.89 Å². The van der Waals surface area contributed by atoms with Crippen molar-refractivity contribution in [2.75, 3.05) is 19.0 Å². The van der Waals surface area contributed by atoms with Crippen molar-refractivity contribution in [1.82, 2.24) is 15.1 Å². The van der Waals surface area contributed by atoms with Gasteiger partial charge in [0.15, 0.2) is 5.82 Å². The van der Waals surface area contributed by atoms with E-state index in [9.17, 15) is 9.90 Å². The third-order valence-corrected chi connectivity index (χ3v) is 4.72. The SMILES string of the molecule is COc1cccc(C(CC(=O)O)Cc2nc(CCCCNc3ccccn3)no2)c1. The van der Waals surface area contributed by atoms with Crippen LogP contribution in [0.4, 0.5) is 5.82 Å². The molecule has 3 aromatic rings. The van der Waals surface area contributed by atoms with Crippen LogP contribution in [0.2, 0.25) is 0 Å². The van der Waals surface area contributed by atoms with Crippen molar-refractivity contribution in [2.24, 2.45) is 0 Å². The molecule has 2 heterocycles. The molecule has 8 nitrogen and oxygen atoms in total. The summed E-state index contributed by atoms with van der Waals surface area (Å²) in [5, 5.41) is 16.6. The quantitative estimate of drug-likeness (QED) is 0.435. The standard InChI is InChI=1S/C22H26N4O4/c1-29-18-8-6-7-16(13-18)17(15-22(27)28)14-21-25-20(26-30-21)10-3-5-12-24-19-9-2-4-11-23-19/h2,4,6-9,11,13,17H,3,5,10,12,14-15H2,1H3,(H,23,24)(H,27,28). The molecule has 0 saturated carbocycles. The fraction of sp³-hybridized carbons (Fsp3) is 0.364. The molecular formula is C22H26N4O4. The highest BCUT2D eigenvalue weighted by molar-refractivity contribution is 5.68. The van der Waals surface area contributed by atoms with Gasteiger partial charge in [-0.25, -0.2) is 4.98 Å². The summed E-state index contributed by atoms with van der Waals surface area (Å²) in [5.74, 6) is 1.50. The number of aliphatic carboxylic acids is 1. The molecule has 0 radical (unpaired) electrons. The van der Waals surface area contributed by atoms with E-state index in [-0.39, 0.29) is 12.3 Å². The lowest BCUT2D eigenvalue weighted by Crippen LogP contribution is -2.10. The van der Waals surface area contributed by atoms with E-state index in [1.165, 1.54) is 0 Å². The van der Waals surface area contributed by atoms with E-state index >= 15 is 0 Å². The van der Waals surface area contributed by atoms with Crippen molar-refractivity contribution >= 4 is 11.8 Å². The van der Waals surface area contributed by atoms with E-state index in [0.717, 1.165) is 30.8 Å². The third kappa shape index (κ3) is 6.58. The van der Waals surface area contributed by atoms with Crippen molar-refractivity contribution in [2.45, 2.75) is 38.0 Å². The van der Waals surface area contributed by atoms with E-state index in [1.54, 1.807) is 13.3 Å². The number of rotatable bonds is 12. The Labute approximate surface area is 175 Å². The molecular weight excluding hydrogens is 384 g/mol. The Morgan fingerprint density at radius 1 is 1.23 bits per heavy atom. The number of methoxy groups -OCH3 is 1. The van der Waals surface area contributed by atoms with Crippen molar-refractivity contribution < 1.29 is 19.2 Å². The summed E-state index contributed by atoms with van der Waals surface area (Å²) in [6.07, 6.45) is 4.67. The lowest BCUT2D eigenvalue weighted by molar-refractivity contribution is -0.137. The molecule has 0 aliphatic rings. The Balaban J connectivity index is 1.51. The fourth-order valence-corrected chi connectivity index (χ4v) is 3.19. The number of carboxylic acids is 1. The maximum absolute atomic E-state index is 11.3. The zero-order chi connectivity index (χ0) is 21.2. The topological polar surface area (TPSA) is 110 Å². The number of nitrogens with one attached hydrogen (secondary N) is 1. The normalized spacial score (nSPS) is 11.8. The van der Waals surface area contributed by atoms with Gasteiger partial charge in [-0.15, -0.1) is 0 Å². The minimum atomic E-state index is -0.872. The summed E-state index contributed by atoms with van der Waals surface area (Å²) in [4.78, 5) is 20.0. The van der Waals surface area contributed by atoms with Crippen molar-refractivity contribution in [3.05, 3.63) is 65.9 Å². The number of carbonyl (C=O) groups is 1. The molecule has 0 amide bonds. The molecule has 0 spiro atoms. The highest BCUT2D eigenvalue weighted by Crippen LogP contribution is 2.27. The number of ether oxygens (including phenoxy) is 1. The molecule has 8 heteroatoms.